The van der Waals surface area contributed by atoms with E-state index in [-0.39, 0.29) is 28.7 Å². The third kappa shape index (κ3) is 3.17. The van der Waals surface area contributed by atoms with Gasteiger partial charge in [0.1, 0.15) is 0 Å². The second-order valence-corrected chi connectivity index (χ2v) is 5.21. The molecule has 1 N–H and O–H groups in total. The fourth-order valence-electron chi connectivity index (χ4n) is 2.08. The van der Waals surface area contributed by atoms with Crippen LogP contribution in [0.2, 0.25) is 10.0 Å². The minimum absolute atomic E-state index is 0.117. The third-order valence-corrected chi connectivity index (χ3v) is 3.64. The minimum Gasteiger partial charge on any atom is -0.494 e. The molecular weight excluding hydrogens is 305 g/mol. The Balaban J connectivity index is 2.21. The van der Waals surface area contributed by atoms with E-state index in [4.69, 9.17) is 37.8 Å². The van der Waals surface area contributed by atoms with Crippen LogP contribution in [0, 0.1) is 0 Å². The van der Waals surface area contributed by atoms with E-state index < -0.39 is 0 Å². The summed E-state index contributed by atoms with van der Waals surface area (Å²) in [5, 5.41) is 9.67. The van der Waals surface area contributed by atoms with E-state index in [2.05, 4.69) is 0 Å². The van der Waals surface area contributed by atoms with Crippen LogP contribution in [0.25, 0.3) is 0 Å². The van der Waals surface area contributed by atoms with Crippen LogP contribution in [0.15, 0.2) is 12.1 Å². The van der Waals surface area contributed by atoms with Gasteiger partial charge in [0.25, 0.3) is 5.91 Å². The highest BCUT2D eigenvalue weighted by Gasteiger charge is 2.25. The summed E-state index contributed by atoms with van der Waals surface area (Å²) < 4.78 is 10.4. The van der Waals surface area contributed by atoms with Crippen molar-refractivity contribution in [3.63, 3.8) is 0 Å². The molecule has 2 rings (SSSR count). The molecular formula is C13H15Cl2NO4. The number of hydrogen-bond donors (Lipinski definition) is 1. The standard InChI is InChI=1S/C13H15Cl2NO4/c1-19-12-10(14)4-8(5-11(12)15)13(18)16-2-3-20-9(6-16)7-17/h4-5,9,17H,2-3,6-7H2,1H3. The van der Waals surface area contributed by atoms with Crippen LogP contribution >= 0.6 is 23.2 Å². The number of nitrogens with zero attached hydrogens (tertiary/aromatic N) is 1. The quantitative estimate of drug-likeness (QED) is 0.923. The molecule has 1 amide bonds. The van der Waals surface area contributed by atoms with Crippen LogP contribution < -0.4 is 4.74 Å². The first-order valence-electron chi connectivity index (χ1n) is 6.11. The number of morpholine rings is 1. The number of ether oxygens (including phenoxy) is 2. The highest BCUT2D eigenvalue weighted by molar-refractivity contribution is 6.37. The highest BCUT2D eigenvalue weighted by atomic mass is 35.5. The van der Waals surface area contributed by atoms with Crippen molar-refractivity contribution in [3.8, 4) is 5.75 Å². The van der Waals surface area contributed by atoms with E-state index in [0.29, 0.717) is 31.0 Å². The average molecular weight is 320 g/mol. The molecule has 1 aromatic rings. The number of aliphatic hydroxyl groups is 1. The second kappa shape index (κ2) is 6.63. The maximum atomic E-state index is 12.4. The number of halogens is 2. The lowest BCUT2D eigenvalue weighted by Gasteiger charge is -2.32. The normalized spacial score (nSPS) is 19.0. The van der Waals surface area contributed by atoms with Crippen molar-refractivity contribution in [1.29, 1.82) is 0 Å². The number of benzene rings is 1. The summed E-state index contributed by atoms with van der Waals surface area (Å²) >= 11 is 12.1. The van der Waals surface area contributed by atoms with Crippen molar-refractivity contribution in [2.75, 3.05) is 33.4 Å². The molecule has 0 aromatic heterocycles. The number of aliphatic hydroxyl groups excluding tert-OH is 1. The molecule has 0 radical (unpaired) electrons. The summed E-state index contributed by atoms with van der Waals surface area (Å²) in [6, 6.07) is 3.05. The molecule has 5 nitrogen and oxygen atoms in total. The van der Waals surface area contributed by atoms with Crippen molar-refractivity contribution < 1.29 is 19.4 Å². The second-order valence-electron chi connectivity index (χ2n) is 4.40. The minimum atomic E-state index is -0.350. The molecule has 1 saturated heterocycles. The van der Waals surface area contributed by atoms with Gasteiger partial charge in [-0.2, -0.15) is 0 Å². The number of hydrogen-bond acceptors (Lipinski definition) is 4. The summed E-state index contributed by atoms with van der Waals surface area (Å²) in [4.78, 5) is 14.0. The van der Waals surface area contributed by atoms with Gasteiger partial charge in [0.15, 0.2) is 5.75 Å². The van der Waals surface area contributed by atoms with Gasteiger partial charge >= 0.3 is 0 Å². The first-order valence-corrected chi connectivity index (χ1v) is 6.87. The van der Waals surface area contributed by atoms with E-state index in [0.717, 1.165) is 0 Å². The van der Waals surface area contributed by atoms with Crippen molar-refractivity contribution in [3.05, 3.63) is 27.7 Å². The lowest BCUT2D eigenvalue weighted by atomic mass is 10.1. The Bertz CT molecular complexity index is 486. The van der Waals surface area contributed by atoms with Gasteiger partial charge < -0.3 is 19.5 Å². The van der Waals surface area contributed by atoms with Crippen molar-refractivity contribution >= 4 is 29.1 Å². The molecule has 1 atom stereocenters. The third-order valence-electron chi connectivity index (χ3n) is 3.08. The fourth-order valence-corrected chi connectivity index (χ4v) is 2.72. The monoisotopic (exact) mass is 319 g/mol. The van der Waals surface area contributed by atoms with Crippen molar-refractivity contribution in [2.24, 2.45) is 0 Å². The number of carbonyl (C=O) groups is 1. The molecule has 1 heterocycles. The SMILES string of the molecule is COc1c(Cl)cc(C(=O)N2CCOC(CO)C2)cc1Cl. The van der Waals surface area contributed by atoms with Gasteiger partial charge in [-0.15, -0.1) is 0 Å². The maximum absolute atomic E-state index is 12.4. The van der Waals surface area contributed by atoms with Crippen LogP contribution in [0.5, 0.6) is 5.75 Å². The van der Waals surface area contributed by atoms with E-state index >= 15 is 0 Å². The Morgan fingerprint density at radius 2 is 2.15 bits per heavy atom. The molecule has 20 heavy (non-hydrogen) atoms. The van der Waals surface area contributed by atoms with Crippen LogP contribution in [0.4, 0.5) is 0 Å². The summed E-state index contributed by atoms with van der Waals surface area (Å²) in [5.41, 5.74) is 0.388. The van der Waals surface area contributed by atoms with Gasteiger partial charge in [-0.25, -0.2) is 0 Å². The number of amides is 1. The zero-order chi connectivity index (χ0) is 14.7. The van der Waals surface area contributed by atoms with Crippen LogP contribution in [-0.2, 0) is 4.74 Å². The highest BCUT2D eigenvalue weighted by Crippen LogP contribution is 2.34. The van der Waals surface area contributed by atoms with Gasteiger partial charge in [-0.3, -0.25) is 4.79 Å². The largest absolute Gasteiger partial charge is 0.494 e. The zero-order valence-corrected chi connectivity index (χ0v) is 12.4. The molecule has 110 valence electrons. The summed E-state index contributed by atoms with van der Waals surface area (Å²) in [5.74, 6) is 0.151. The van der Waals surface area contributed by atoms with Gasteiger partial charge in [-0.05, 0) is 12.1 Å². The van der Waals surface area contributed by atoms with Crippen molar-refractivity contribution in [2.45, 2.75) is 6.10 Å². The molecule has 0 saturated carbocycles. The van der Waals surface area contributed by atoms with E-state index in [1.54, 1.807) is 4.90 Å². The van der Waals surface area contributed by atoms with Gasteiger partial charge in [0, 0.05) is 18.7 Å². The summed E-state index contributed by atoms with van der Waals surface area (Å²) in [6.07, 6.45) is -0.350. The smallest absolute Gasteiger partial charge is 0.254 e. The Morgan fingerprint density at radius 3 is 2.70 bits per heavy atom. The first-order chi connectivity index (χ1) is 9.56. The lowest BCUT2D eigenvalue weighted by molar-refractivity contribution is -0.0447. The fraction of sp³-hybridized carbons (Fsp3) is 0.462. The van der Waals surface area contributed by atoms with Crippen LogP contribution in [0.3, 0.4) is 0 Å². The van der Waals surface area contributed by atoms with E-state index in [9.17, 15) is 4.79 Å². The van der Waals surface area contributed by atoms with Gasteiger partial charge in [-0.1, -0.05) is 23.2 Å². The Kier molecular flexibility index (Phi) is 5.10. The van der Waals surface area contributed by atoms with Gasteiger partial charge in [0.05, 0.1) is 36.5 Å². The molecule has 0 bridgehead atoms. The average Bonchev–Trinajstić information content (AvgIpc) is 2.46. The van der Waals surface area contributed by atoms with Crippen LogP contribution in [0.1, 0.15) is 10.4 Å². The Morgan fingerprint density at radius 1 is 1.50 bits per heavy atom. The van der Waals surface area contributed by atoms with E-state index in [1.807, 2.05) is 0 Å². The molecule has 1 aliphatic rings. The zero-order valence-electron chi connectivity index (χ0n) is 10.9. The molecule has 1 fully saturated rings. The summed E-state index contributed by atoms with van der Waals surface area (Å²) in [7, 11) is 1.46. The first kappa shape index (κ1) is 15.4. The molecule has 0 spiro atoms. The topological polar surface area (TPSA) is 59.0 Å². The summed E-state index contributed by atoms with van der Waals surface area (Å²) in [6.45, 7) is 1.09. The predicted octanol–water partition coefficient (Wildman–Crippen LogP) is 1.84. The molecule has 1 unspecified atom stereocenters. The Labute approximate surface area is 127 Å². The molecule has 0 aliphatic carbocycles. The molecule has 1 aromatic carbocycles. The van der Waals surface area contributed by atoms with E-state index in [1.165, 1.54) is 19.2 Å². The van der Waals surface area contributed by atoms with Gasteiger partial charge in [0.2, 0.25) is 0 Å². The number of rotatable bonds is 3. The van der Waals surface area contributed by atoms with Crippen LogP contribution in [-0.4, -0.2) is 55.4 Å². The lowest BCUT2D eigenvalue weighted by Crippen LogP contribution is -2.46. The number of carbonyl (C=O) groups excluding carboxylic acids is 1. The predicted molar refractivity (Wildman–Crippen MR) is 75.7 cm³/mol. The molecule has 7 heteroatoms. The molecule has 1 aliphatic heterocycles. The maximum Gasteiger partial charge on any atom is 0.254 e. The van der Waals surface area contributed by atoms with Crippen molar-refractivity contribution in [1.82, 2.24) is 4.90 Å². The Hall–Kier alpha value is -1.01. The number of methoxy groups -OCH3 is 1.